The van der Waals surface area contributed by atoms with Gasteiger partial charge in [-0.25, -0.2) is 0 Å². The van der Waals surface area contributed by atoms with Gasteiger partial charge in [-0.3, -0.25) is 0 Å². The van der Waals surface area contributed by atoms with Crippen molar-refractivity contribution in [3.8, 4) is 0 Å². The lowest BCUT2D eigenvalue weighted by Gasteiger charge is -2.19. The number of hydrogen-bond donors (Lipinski definition) is 2. The summed E-state index contributed by atoms with van der Waals surface area (Å²) in [5.74, 6) is 0. The van der Waals surface area contributed by atoms with Crippen LogP contribution in [0, 0.1) is 0 Å². The Morgan fingerprint density at radius 3 is 2.71 bits per heavy atom. The molecule has 17 heavy (non-hydrogen) atoms. The normalized spacial score (nSPS) is 17.1. The number of nitrogens with one attached hydrogen (secondary N) is 1. The minimum atomic E-state index is 0.0926. The number of halogens is 1. The third-order valence-electron chi connectivity index (χ3n) is 3.08. The zero-order valence-electron chi connectivity index (χ0n) is 9.79. The van der Waals surface area contributed by atoms with Crippen molar-refractivity contribution in [2.45, 2.75) is 18.4 Å². The fourth-order valence-corrected chi connectivity index (χ4v) is 2.71. The molecule has 1 aliphatic rings. The molecular weight excluding hydrogens is 282 g/mol. The van der Waals surface area contributed by atoms with E-state index in [2.05, 4.69) is 39.4 Å². The number of rotatable bonds is 7. The molecule has 0 heterocycles. The molecule has 3 nitrogen and oxygen atoms in total. The molecule has 0 spiro atoms. The van der Waals surface area contributed by atoms with Crippen LogP contribution in [0.1, 0.15) is 18.4 Å². The topological polar surface area (TPSA) is 41.5 Å². The van der Waals surface area contributed by atoms with E-state index in [9.17, 15) is 0 Å². The molecule has 2 N–H and O–H groups in total. The number of aliphatic hydroxyl groups excluding tert-OH is 1. The van der Waals surface area contributed by atoms with E-state index in [0.717, 1.165) is 6.54 Å². The Morgan fingerprint density at radius 1 is 1.29 bits per heavy atom. The van der Waals surface area contributed by atoms with Gasteiger partial charge in [0.15, 0.2) is 0 Å². The summed E-state index contributed by atoms with van der Waals surface area (Å²) in [5.41, 5.74) is 1.48. The minimum absolute atomic E-state index is 0.0926. The highest BCUT2D eigenvalue weighted by molar-refractivity contribution is 9.10. The summed E-state index contributed by atoms with van der Waals surface area (Å²) in [5, 5.41) is 12.2. The van der Waals surface area contributed by atoms with Gasteiger partial charge in [-0.15, -0.1) is 0 Å². The number of benzene rings is 1. The second-order valence-corrected chi connectivity index (χ2v) is 5.18. The van der Waals surface area contributed by atoms with Gasteiger partial charge in [0.05, 0.1) is 19.8 Å². The molecule has 2 rings (SSSR count). The lowest BCUT2D eigenvalue weighted by Crippen LogP contribution is -2.32. The van der Waals surface area contributed by atoms with E-state index < -0.39 is 0 Å². The van der Waals surface area contributed by atoms with E-state index in [4.69, 9.17) is 9.84 Å². The summed E-state index contributed by atoms with van der Waals surface area (Å²) < 4.78 is 6.42. The van der Waals surface area contributed by atoms with Gasteiger partial charge in [-0.2, -0.15) is 0 Å². The maximum absolute atomic E-state index is 8.60. The van der Waals surface area contributed by atoms with Crippen molar-refractivity contribution in [1.82, 2.24) is 5.32 Å². The Balaban J connectivity index is 1.86. The summed E-state index contributed by atoms with van der Waals surface area (Å²) in [6.45, 7) is 1.98. The summed E-state index contributed by atoms with van der Waals surface area (Å²) in [6, 6.07) is 8.36. The van der Waals surface area contributed by atoms with Gasteiger partial charge in [-0.1, -0.05) is 34.1 Å². The minimum Gasteiger partial charge on any atom is -0.394 e. The molecule has 0 amide bonds. The van der Waals surface area contributed by atoms with E-state index in [1.54, 1.807) is 0 Å². The van der Waals surface area contributed by atoms with E-state index in [1.807, 2.05) is 6.07 Å². The Morgan fingerprint density at radius 2 is 2.06 bits per heavy atom. The summed E-state index contributed by atoms with van der Waals surface area (Å²) in [4.78, 5) is 0. The van der Waals surface area contributed by atoms with Crippen LogP contribution in [0.25, 0.3) is 0 Å². The first-order valence-corrected chi connectivity index (χ1v) is 6.76. The lowest BCUT2D eigenvalue weighted by molar-refractivity contribution is 0.0920. The lowest BCUT2D eigenvalue weighted by atomic mass is 10.1. The van der Waals surface area contributed by atoms with Crippen molar-refractivity contribution >= 4 is 15.9 Å². The first kappa shape index (κ1) is 13.0. The van der Waals surface area contributed by atoms with Gasteiger partial charge in [0.25, 0.3) is 0 Å². The highest BCUT2D eigenvalue weighted by Crippen LogP contribution is 2.47. The smallest absolute Gasteiger partial charge is 0.0698 e. The zero-order valence-corrected chi connectivity index (χ0v) is 11.4. The second-order valence-electron chi connectivity index (χ2n) is 4.32. The molecule has 0 unspecified atom stereocenters. The predicted octanol–water partition coefficient (Wildman–Crippen LogP) is 2.04. The van der Waals surface area contributed by atoms with Crippen molar-refractivity contribution in [3.05, 3.63) is 34.3 Å². The summed E-state index contributed by atoms with van der Waals surface area (Å²) in [7, 11) is 0. The molecule has 0 saturated heterocycles. The molecular formula is C13H18BrNO2. The zero-order chi connectivity index (χ0) is 12.1. The van der Waals surface area contributed by atoms with Crippen molar-refractivity contribution in [2.24, 2.45) is 0 Å². The molecule has 4 heteroatoms. The molecule has 0 atom stereocenters. The standard InChI is InChI=1S/C13H18BrNO2/c14-12-4-2-1-3-11(12)13(5-6-13)15-7-9-17-10-8-16/h1-4,15-16H,5-10H2. The van der Waals surface area contributed by atoms with E-state index >= 15 is 0 Å². The van der Waals surface area contributed by atoms with Crippen LogP contribution in [0.5, 0.6) is 0 Å². The first-order chi connectivity index (χ1) is 8.28. The van der Waals surface area contributed by atoms with Crippen LogP contribution in [-0.4, -0.2) is 31.5 Å². The van der Waals surface area contributed by atoms with Gasteiger partial charge in [-0.05, 0) is 24.5 Å². The monoisotopic (exact) mass is 299 g/mol. The van der Waals surface area contributed by atoms with E-state index in [0.29, 0.717) is 13.2 Å². The number of ether oxygens (including phenoxy) is 1. The van der Waals surface area contributed by atoms with Crippen LogP contribution in [-0.2, 0) is 10.3 Å². The summed E-state index contributed by atoms with van der Waals surface area (Å²) >= 11 is 3.60. The van der Waals surface area contributed by atoms with Crippen molar-refractivity contribution in [3.63, 3.8) is 0 Å². The molecule has 0 bridgehead atoms. The average molecular weight is 300 g/mol. The van der Waals surface area contributed by atoms with Gasteiger partial charge >= 0.3 is 0 Å². The Labute approximate surface area is 110 Å². The Bertz CT molecular complexity index is 366. The quantitative estimate of drug-likeness (QED) is 0.757. The number of hydrogen-bond acceptors (Lipinski definition) is 3. The molecule has 1 saturated carbocycles. The first-order valence-electron chi connectivity index (χ1n) is 5.97. The molecule has 1 aliphatic carbocycles. The Hall–Kier alpha value is -0.420. The maximum atomic E-state index is 8.60. The van der Waals surface area contributed by atoms with Gasteiger partial charge in [0.2, 0.25) is 0 Å². The molecule has 0 radical (unpaired) electrons. The predicted molar refractivity (Wildman–Crippen MR) is 71.0 cm³/mol. The van der Waals surface area contributed by atoms with Crippen molar-refractivity contribution in [2.75, 3.05) is 26.4 Å². The third-order valence-corrected chi connectivity index (χ3v) is 3.78. The highest BCUT2D eigenvalue weighted by Gasteiger charge is 2.44. The largest absolute Gasteiger partial charge is 0.394 e. The third kappa shape index (κ3) is 3.28. The maximum Gasteiger partial charge on any atom is 0.0698 e. The van der Waals surface area contributed by atoms with E-state index in [1.165, 1.54) is 22.9 Å². The molecule has 1 aromatic rings. The van der Waals surface area contributed by atoms with Crippen LogP contribution >= 0.6 is 15.9 Å². The van der Waals surface area contributed by atoms with E-state index in [-0.39, 0.29) is 12.1 Å². The molecule has 1 fully saturated rings. The average Bonchev–Trinajstić information content (AvgIpc) is 3.10. The molecule has 0 aromatic heterocycles. The number of aliphatic hydroxyl groups is 1. The summed E-state index contributed by atoms with van der Waals surface area (Å²) in [6.07, 6.45) is 2.35. The molecule has 1 aromatic carbocycles. The SMILES string of the molecule is OCCOCCNC1(c2ccccc2Br)CC1. The van der Waals surface area contributed by atoms with Crippen molar-refractivity contribution < 1.29 is 9.84 Å². The van der Waals surface area contributed by atoms with Gasteiger partial charge in [0, 0.05) is 16.6 Å². The fraction of sp³-hybridized carbons (Fsp3) is 0.538. The molecule has 94 valence electrons. The van der Waals surface area contributed by atoms with Crippen LogP contribution in [0.4, 0.5) is 0 Å². The van der Waals surface area contributed by atoms with Gasteiger partial charge < -0.3 is 15.2 Å². The van der Waals surface area contributed by atoms with Gasteiger partial charge in [0.1, 0.15) is 0 Å². The van der Waals surface area contributed by atoms with Crippen LogP contribution in [0.2, 0.25) is 0 Å². The van der Waals surface area contributed by atoms with Crippen LogP contribution in [0.15, 0.2) is 28.7 Å². The Kier molecular flexibility index (Phi) is 4.56. The van der Waals surface area contributed by atoms with Crippen molar-refractivity contribution in [1.29, 1.82) is 0 Å². The second kappa shape index (κ2) is 5.96. The van der Waals surface area contributed by atoms with Crippen LogP contribution in [0.3, 0.4) is 0 Å². The highest BCUT2D eigenvalue weighted by atomic mass is 79.9. The fourth-order valence-electron chi connectivity index (χ4n) is 2.04. The van der Waals surface area contributed by atoms with Crippen LogP contribution < -0.4 is 5.32 Å². The molecule has 0 aliphatic heterocycles.